The highest BCUT2D eigenvalue weighted by molar-refractivity contribution is 5.76. The fourth-order valence-electron chi connectivity index (χ4n) is 15.0. The van der Waals surface area contributed by atoms with Crippen molar-refractivity contribution >= 4 is 5.91 Å². The number of hydrogen-bond donors (Lipinski definition) is 12. The number of unbranched alkanes of at least 4 members (excludes halogenated alkanes) is 52. The third-order valence-corrected chi connectivity index (χ3v) is 21.8. The average Bonchev–Trinajstić information content (AvgIpc) is 0.781. The Morgan fingerprint density at radius 2 is 0.618 bits per heavy atom. The molecular weight excluding hydrogens is 1300 g/mol. The zero-order chi connectivity index (χ0) is 73.9. The van der Waals surface area contributed by atoms with Crippen LogP contribution in [0.15, 0.2) is 12.2 Å². The summed E-state index contributed by atoms with van der Waals surface area (Å²) >= 11 is 0. The van der Waals surface area contributed by atoms with E-state index >= 15 is 0 Å². The molecule has 19 heteroatoms. The van der Waals surface area contributed by atoms with Crippen molar-refractivity contribution in [2.75, 3.05) is 26.4 Å². The van der Waals surface area contributed by atoms with Gasteiger partial charge in [-0.2, -0.15) is 0 Å². The van der Waals surface area contributed by atoms with Crippen LogP contribution >= 0.6 is 0 Å². The molecular formula is C83H159NO18. The fourth-order valence-corrected chi connectivity index (χ4v) is 15.0. The van der Waals surface area contributed by atoms with Crippen LogP contribution in [0.4, 0.5) is 0 Å². The second-order valence-electron chi connectivity index (χ2n) is 31.0. The number of carbonyl (C=O) groups excluding carboxylic acids is 1. The summed E-state index contributed by atoms with van der Waals surface area (Å²) in [4.78, 5) is 13.5. The van der Waals surface area contributed by atoms with E-state index in [-0.39, 0.29) is 18.9 Å². The quantitative estimate of drug-likeness (QED) is 0.0199. The number of ether oxygens (including phenoxy) is 6. The molecule has 19 nitrogen and oxygen atoms in total. The SMILES string of the molecule is CCCCCCCCCC/C=C\CCCCCCCCCCCCCCCCCCCCCC(=O)NC(COC1OC(CO)C(OC2OC(CO)C(OC3OC(CO)C(O)C(O)C3O)C(O)C2O)C(O)C1O)C(O)CCCCCCCCCCCCCCCCCCCCCCCCCCCC. The van der Waals surface area contributed by atoms with Crippen molar-refractivity contribution in [1.29, 1.82) is 0 Å². The maximum absolute atomic E-state index is 13.5. The molecule has 3 aliphatic rings. The molecule has 0 saturated carbocycles. The van der Waals surface area contributed by atoms with Crippen molar-refractivity contribution in [3.05, 3.63) is 12.2 Å². The number of aliphatic hydroxyl groups excluding tert-OH is 11. The third-order valence-electron chi connectivity index (χ3n) is 21.8. The predicted octanol–water partition coefficient (Wildman–Crippen LogP) is 15.1. The summed E-state index contributed by atoms with van der Waals surface area (Å²) in [5.74, 6) is -0.233. The molecule has 0 aromatic rings. The van der Waals surface area contributed by atoms with Crippen molar-refractivity contribution < 1.29 is 89.4 Å². The Bertz CT molecular complexity index is 1890. The van der Waals surface area contributed by atoms with E-state index < -0.39 is 124 Å². The largest absolute Gasteiger partial charge is 0.394 e. The van der Waals surface area contributed by atoms with Gasteiger partial charge in [-0.15, -0.1) is 0 Å². The van der Waals surface area contributed by atoms with Gasteiger partial charge < -0.3 is 89.9 Å². The lowest BCUT2D eigenvalue weighted by atomic mass is 9.96. The standard InChI is InChI=1S/C83H159NO18/c1-3-5-7-9-11-13-15-17-19-21-23-25-27-29-31-32-33-34-35-37-39-41-43-45-47-49-51-53-55-57-59-61-71(89)84-66(67(88)60-58-56-54-52-50-48-46-44-42-40-38-36-30-28-26-24-22-20-18-16-14-12-10-8-6-4-2)65-97-81-77(95)74(92)79(69(63-86)99-81)102-83-78(96)75(93)80(70(64-87)100-83)101-82-76(94)73(91)72(90)68(62-85)98-82/h21,23,66-70,72-83,85-88,90-96H,3-20,22,24-65H2,1-2H3,(H,84,89)/b23-21-. The first-order valence-corrected chi connectivity index (χ1v) is 42.9. The van der Waals surface area contributed by atoms with Gasteiger partial charge in [-0.05, 0) is 38.5 Å². The summed E-state index contributed by atoms with van der Waals surface area (Å²) in [6.45, 7) is 1.87. The van der Waals surface area contributed by atoms with Crippen LogP contribution in [0.25, 0.3) is 0 Å². The van der Waals surface area contributed by atoms with Crippen molar-refractivity contribution in [3.8, 4) is 0 Å². The Hall–Kier alpha value is -1.47. The van der Waals surface area contributed by atoms with Gasteiger partial charge in [0, 0.05) is 6.42 Å². The third kappa shape index (κ3) is 43.7. The average molecular weight is 1460 g/mol. The van der Waals surface area contributed by atoms with E-state index in [1.54, 1.807) is 0 Å². The van der Waals surface area contributed by atoms with Gasteiger partial charge in [0.1, 0.15) is 73.2 Å². The summed E-state index contributed by atoms with van der Waals surface area (Å²) < 4.78 is 34.6. The van der Waals surface area contributed by atoms with Gasteiger partial charge in [0.15, 0.2) is 18.9 Å². The van der Waals surface area contributed by atoms with E-state index in [4.69, 9.17) is 28.4 Å². The Labute approximate surface area is 620 Å². The van der Waals surface area contributed by atoms with Crippen LogP contribution in [0.3, 0.4) is 0 Å². The maximum Gasteiger partial charge on any atom is 0.220 e. The van der Waals surface area contributed by atoms with Crippen molar-refractivity contribution in [3.63, 3.8) is 0 Å². The molecule has 0 aromatic heterocycles. The molecule has 3 fully saturated rings. The van der Waals surface area contributed by atoms with Crippen molar-refractivity contribution in [2.24, 2.45) is 0 Å². The Balaban J connectivity index is 1.34. The summed E-state index contributed by atoms with van der Waals surface area (Å²) in [7, 11) is 0. The highest BCUT2D eigenvalue weighted by atomic mass is 16.8. The van der Waals surface area contributed by atoms with E-state index in [0.717, 1.165) is 44.9 Å². The van der Waals surface area contributed by atoms with Crippen LogP contribution in [0.2, 0.25) is 0 Å². The second kappa shape index (κ2) is 64.4. The minimum Gasteiger partial charge on any atom is -0.394 e. The van der Waals surface area contributed by atoms with Crippen molar-refractivity contribution in [2.45, 2.75) is 484 Å². The summed E-state index contributed by atoms with van der Waals surface area (Å²) in [6.07, 6.45) is 50.2. The molecule has 3 rings (SSSR count). The van der Waals surface area contributed by atoms with Crippen LogP contribution in [0, 0.1) is 0 Å². The molecule has 17 unspecified atom stereocenters. The molecule has 12 N–H and O–H groups in total. The number of amides is 1. The summed E-state index contributed by atoms with van der Waals surface area (Å²) in [5, 5.41) is 121. The first-order chi connectivity index (χ1) is 49.8. The van der Waals surface area contributed by atoms with E-state index in [0.29, 0.717) is 12.8 Å². The summed E-state index contributed by atoms with van der Waals surface area (Å²) in [6, 6.07) is -0.885. The number of aliphatic hydroxyl groups is 11. The maximum atomic E-state index is 13.5. The van der Waals surface area contributed by atoms with Crippen LogP contribution in [-0.2, 0) is 33.2 Å². The van der Waals surface area contributed by atoms with Crippen LogP contribution in [0.5, 0.6) is 0 Å². The number of allylic oxidation sites excluding steroid dienone is 2. The first-order valence-electron chi connectivity index (χ1n) is 42.9. The van der Waals surface area contributed by atoms with Crippen molar-refractivity contribution in [1.82, 2.24) is 5.32 Å². The highest BCUT2D eigenvalue weighted by Gasteiger charge is 2.54. The molecule has 0 spiro atoms. The predicted molar refractivity (Wildman–Crippen MR) is 407 cm³/mol. The molecule has 0 aromatic carbocycles. The van der Waals surface area contributed by atoms with E-state index in [1.807, 2.05) is 0 Å². The normalized spacial score (nSPS) is 26.1. The topological polar surface area (TPSA) is 307 Å². The smallest absolute Gasteiger partial charge is 0.220 e. The molecule has 3 heterocycles. The molecule has 3 saturated heterocycles. The van der Waals surface area contributed by atoms with Gasteiger partial charge in [-0.3, -0.25) is 4.79 Å². The number of carbonyl (C=O) groups is 1. The van der Waals surface area contributed by atoms with Crippen LogP contribution in [-0.4, -0.2) is 193 Å². The highest BCUT2D eigenvalue weighted by Crippen LogP contribution is 2.34. The Morgan fingerprint density at radius 1 is 0.343 bits per heavy atom. The molecule has 0 radical (unpaired) electrons. The van der Waals surface area contributed by atoms with E-state index in [9.17, 15) is 61.0 Å². The van der Waals surface area contributed by atoms with Gasteiger partial charge in [0.05, 0.1) is 38.6 Å². The Kier molecular flexibility index (Phi) is 59.8. The molecule has 0 bridgehead atoms. The van der Waals surface area contributed by atoms with E-state index in [1.165, 1.54) is 302 Å². The molecule has 1 amide bonds. The van der Waals surface area contributed by atoms with Gasteiger partial charge in [-0.1, -0.05) is 347 Å². The molecule has 0 aliphatic carbocycles. The zero-order valence-electron chi connectivity index (χ0n) is 64.9. The van der Waals surface area contributed by atoms with Gasteiger partial charge in [0.25, 0.3) is 0 Å². The number of nitrogens with one attached hydrogen (secondary N) is 1. The number of hydrogen-bond acceptors (Lipinski definition) is 18. The summed E-state index contributed by atoms with van der Waals surface area (Å²) in [5.41, 5.74) is 0. The molecule has 3 aliphatic heterocycles. The minimum absolute atomic E-state index is 0.233. The lowest BCUT2D eigenvalue weighted by Crippen LogP contribution is -2.66. The monoisotopic (exact) mass is 1460 g/mol. The lowest BCUT2D eigenvalue weighted by Gasteiger charge is -2.48. The number of rotatable bonds is 70. The van der Waals surface area contributed by atoms with Gasteiger partial charge in [-0.25, -0.2) is 0 Å². The lowest BCUT2D eigenvalue weighted by molar-refractivity contribution is -0.379. The molecule has 17 atom stereocenters. The first kappa shape index (κ1) is 94.7. The van der Waals surface area contributed by atoms with Crippen LogP contribution in [0.1, 0.15) is 380 Å². The van der Waals surface area contributed by atoms with Gasteiger partial charge in [0.2, 0.25) is 5.91 Å². The van der Waals surface area contributed by atoms with Crippen LogP contribution < -0.4 is 5.32 Å². The van der Waals surface area contributed by atoms with Gasteiger partial charge >= 0.3 is 0 Å². The fraction of sp³-hybridized carbons (Fsp3) is 0.964. The second-order valence-corrected chi connectivity index (χ2v) is 31.0. The Morgan fingerprint density at radius 3 is 0.951 bits per heavy atom. The molecule has 102 heavy (non-hydrogen) atoms. The minimum atomic E-state index is -1.97. The zero-order valence-corrected chi connectivity index (χ0v) is 64.9. The van der Waals surface area contributed by atoms with E-state index in [2.05, 4.69) is 31.3 Å². The molecule has 604 valence electrons.